The Bertz CT molecular complexity index is 872. The lowest BCUT2D eigenvalue weighted by atomic mass is 10.1. The first-order valence-electron chi connectivity index (χ1n) is 8.56. The number of hydrogen-bond donors (Lipinski definition) is 1. The third kappa shape index (κ3) is 4.70. The first-order chi connectivity index (χ1) is 12.7. The fourth-order valence-electron chi connectivity index (χ4n) is 2.62. The van der Waals surface area contributed by atoms with Gasteiger partial charge in [0, 0.05) is 23.9 Å². The maximum Gasteiger partial charge on any atom is 0.220 e. The Morgan fingerprint density at radius 2 is 1.92 bits per heavy atom. The van der Waals surface area contributed by atoms with Crippen molar-refractivity contribution in [2.24, 2.45) is 0 Å². The fourth-order valence-corrected chi connectivity index (χ4v) is 3.48. The topological polar surface area (TPSA) is 51.2 Å². The zero-order valence-electron chi connectivity index (χ0n) is 15.0. The summed E-state index contributed by atoms with van der Waals surface area (Å²) in [5.74, 6) is 0.878. The molecule has 0 unspecified atom stereocenters. The molecule has 1 aromatic heterocycles. The molecular weight excluding hydrogens is 344 g/mol. The summed E-state index contributed by atoms with van der Waals surface area (Å²) in [7, 11) is 1.65. The highest BCUT2D eigenvalue weighted by molar-refractivity contribution is 7.13. The minimum atomic E-state index is 0.0484. The number of aromatic nitrogens is 1. The third-order valence-electron chi connectivity index (χ3n) is 4.23. The van der Waals surface area contributed by atoms with Gasteiger partial charge in [-0.05, 0) is 48.7 Å². The van der Waals surface area contributed by atoms with Crippen molar-refractivity contribution in [2.75, 3.05) is 7.11 Å². The minimum Gasteiger partial charge on any atom is -0.497 e. The van der Waals surface area contributed by atoms with Gasteiger partial charge in [0.05, 0.1) is 12.8 Å². The monoisotopic (exact) mass is 366 g/mol. The van der Waals surface area contributed by atoms with Gasteiger partial charge in [0.15, 0.2) is 0 Å². The van der Waals surface area contributed by atoms with Crippen LogP contribution in [0.15, 0.2) is 53.9 Å². The number of methoxy groups -OCH3 is 1. The van der Waals surface area contributed by atoms with Crippen molar-refractivity contribution in [3.8, 4) is 16.3 Å². The van der Waals surface area contributed by atoms with Crippen molar-refractivity contribution < 1.29 is 9.53 Å². The first-order valence-corrected chi connectivity index (χ1v) is 9.43. The van der Waals surface area contributed by atoms with Crippen LogP contribution in [-0.2, 0) is 17.8 Å². The van der Waals surface area contributed by atoms with Gasteiger partial charge in [-0.2, -0.15) is 0 Å². The molecule has 5 heteroatoms. The number of nitrogens with one attached hydrogen (secondary N) is 1. The molecule has 1 N–H and O–H groups in total. The molecule has 0 bridgehead atoms. The van der Waals surface area contributed by atoms with E-state index in [1.165, 1.54) is 5.56 Å². The maximum absolute atomic E-state index is 12.1. The molecule has 0 aliphatic carbocycles. The number of aryl methyl sites for hydroxylation is 2. The lowest BCUT2D eigenvalue weighted by Crippen LogP contribution is -2.23. The Hall–Kier alpha value is -2.66. The van der Waals surface area contributed by atoms with Crippen LogP contribution < -0.4 is 10.1 Å². The van der Waals surface area contributed by atoms with E-state index in [-0.39, 0.29) is 5.91 Å². The minimum absolute atomic E-state index is 0.0484. The Kier molecular flexibility index (Phi) is 6.02. The van der Waals surface area contributed by atoms with Gasteiger partial charge in [0.25, 0.3) is 0 Å². The molecule has 3 aromatic rings. The number of thiazole rings is 1. The van der Waals surface area contributed by atoms with E-state index in [2.05, 4.69) is 23.3 Å². The zero-order valence-corrected chi connectivity index (χ0v) is 15.8. The predicted octanol–water partition coefficient (Wildman–Crippen LogP) is 4.38. The van der Waals surface area contributed by atoms with Gasteiger partial charge in [0.2, 0.25) is 5.91 Å². The molecule has 0 saturated carbocycles. The summed E-state index contributed by atoms with van der Waals surface area (Å²) in [4.78, 5) is 16.7. The van der Waals surface area contributed by atoms with Crippen LogP contribution in [0.5, 0.6) is 5.75 Å². The molecule has 0 atom stereocenters. The van der Waals surface area contributed by atoms with Crippen LogP contribution in [0.1, 0.15) is 23.2 Å². The average molecular weight is 366 g/mol. The van der Waals surface area contributed by atoms with E-state index >= 15 is 0 Å². The number of hydrogen-bond acceptors (Lipinski definition) is 4. The summed E-state index contributed by atoms with van der Waals surface area (Å²) < 4.78 is 5.18. The molecule has 2 aromatic carbocycles. The number of carbonyl (C=O) groups excluding carboxylic acids is 1. The summed E-state index contributed by atoms with van der Waals surface area (Å²) in [6, 6.07) is 15.9. The van der Waals surface area contributed by atoms with Crippen LogP contribution in [0.2, 0.25) is 0 Å². The Morgan fingerprint density at radius 3 is 2.65 bits per heavy atom. The predicted molar refractivity (Wildman–Crippen MR) is 105 cm³/mol. The van der Waals surface area contributed by atoms with Crippen molar-refractivity contribution in [3.63, 3.8) is 0 Å². The highest BCUT2D eigenvalue weighted by Gasteiger charge is 2.08. The molecule has 0 aliphatic rings. The molecule has 0 fully saturated rings. The van der Waals surface area contributed by atoms with Gasteiger partial charge in [-0.15, -0.1) is 11.3 Å². The summed E-state index contributed by atoms with van der Waals surface area (Å²) in [6.07, 6.45) is 1.09. The number of rotatable bonds is 7. The van der Waals surface area contributed by atoms with Crippen LogP contribution >= 0.6 is 11.3 Å². The molecule has 0 aliphatic heterocycles. The molecule has 26 heavy (non-hydrogen) atoms. The van der Waals surface area contributed by atoms with E-state index in [1.807, 2.05) is 47.8 Å². The van der Waals surface area contributed by atoms with Crippen LogP contribution in [0.3, 0.4) is 0 Å². The molecule has 0 spiro atoms. The average Bonchev–Trinajstić information content (AvgIpc) is 3.15. The zero-order chi connectivity index (χ0) is 18.4. The van der Waals surface area contributed by atoms with Gasteiger partial charge in [0.1, 0.15) is 10.8 Å². The number of carbonyl (C=O) groups is 1. The van der Waals surface area contributed by atoms with Crippen molar-refractivity contribution in [3.05, 3.63) is 70.7 Å². The van der Waals surface area contributed by atoms with Crippen LogP contribution in [0.4, 0.5) is 0 Å². The molecular formula is C21H22N2O2S. The van der Waals surface area contributed by atoms with E-state index in [4.69, 9.17) is 4.74 Å². The molecule has 0 radical (unpaired) electrons. The van der Waals surface area contributed by atoms with Crippen molar-refractivity contribution in [2.45, 2.75) is 26.3 Å². The number of ether oxygens (including phenoxy) is 1. The first kappa shape index (κ1) is 18.1. The van der Waals surface area contributed by atoms with Crippen LogP contribution in [0, 0.1) is 6.92 Å². The quantitative estimate of drug-likeness (QED) is 0.675. The standard InChI is InChI=1S/C21H22N2O2S/c1-15-5-3-4-6-17(15)13-22-20(24)12-9-18-14-26-21(23-18)16-7-10-19(25-2)11-8-16/h3-8,10-11,14H,9,12-13H2,1-2H3,(H,22,24). The molecule has 1 amide bonds. The summed E-state index contributed by atoms with van der Waals surface area (Å²) in [5, 5.41) is 5.97. The van der Waals surface area contributed by atoms with Gasteiger partial charge in [-0.1, -0.05) is 24.3 Å². The summed E-state index contributed by atoms with van der Waals surface area (Å²) in [6.45, 7) is 2.62. The van der Waals surface area contributed by atoms with Gasteiger partial charge in [-0.3, -0.25) is 4.79 Å². The van der Waals surface area contributed by atoms with Gasteiger partial charge < -0.3 is 10.1 Å². The second-order valence-corrected chi connectivity index (χ2v) is 6.93. The second-order valence-electron chi connectivity index (χ2n) is 6.08. The van der Waals surface area contributed by atoms with E-state index < -0.39 is 0 Å². The number of amides is 1. The smallest absolute Gasteiger partial charge is 0.220 e. The normalized spacial score (nSPS) is 10.5. The Morgan fingerprint density at radius 1 is 1.15 bits per heavy atom. The van der Waals surface area contributed by atoms with Gasteiger partial charge >= 0.3 is 0 Å². The van der Waals surface area contributed by atoms with E-state index in [0.717, 1.165) is 27.6 Å². The van der Waals surface area contributed by atoms with E-state index in [0.29, 0.717) is 19.4 Å². The molecule has 4 nitrogen and oxygen atoms in total. The fraction of sp³-hybridized carbons (Fsp3) is 0.238. The van der Waals surface area contributed by atoms with Crippen LogP contribution in [-0.4, -0.2) is 18.0 Å². The number of benzene rings is 2. The Labute approximate surface area is 157 Å². The van der Waals surface area contributed by atoms with Crippen molar-refractivity contribution in [1.82, 2.24) is 10.3 Å². The largest absolute Gasteiger partial charge is 0.497 e. The molecule has 0 saturated heterocycles. The highest BCUT2D eigenvalue weighted by atomic mass is 32.1. The molecule has 3 rings (SSSR count). The van der Waals surface area contributed by atoms with Crippen LogP contribution in [0.25, 0.3) is 10.6 Å². The molecule has 134 valence electrons. The van der Waals surface area contributed by atoms with E-state index in [1.54, 1.807) is 18.4 Å². The highest BCUT2D eigenvalue weighted by Crippen LogP contribution is 2.26. The SMILES string of the molecule is COc1ccc(-c2nc(CCC(=O)NCc3ccccc3C)cs2)cc1. The molecule has 1 heterocycles. The number of nitrogens with zero attached hydrogens (tertiary/aromatic N) is 1. The van der Waals surface area contributed by atoms with Crippen molar-refractivity contribution in [1.29, 1.82) is 0 Å². The maximum atomic E-state index is 12.1. The lowest BCUT2D eigenvalue weighted by molar-refractivity contribution is -0.121. The van der Waals surface area contributed by atoms with E-state index in [9.17, 15) is 4.79 Å². The summed E-state index contributed by atoms with van der Waals surface area (Å²) >= 11 is 1.60. The van der Waals surface area contributed by atoms with Crippen molar-refractivity contribution >= 4 is 17.2 Å². The Balaban J connectivity index is 1.51. The third-order valence-corrected chi connectivity index (χ3v) is 5.17. The lowest BCUT2D eigenvalue weighted by Gasteiger charge is -2.07. The summed E-state index contributed by atoms with van der Waals surface area (Å²) in [5.41, 5.74) is 4.35. The van der Waals surface area contributed by atoms with Gasteiger partial charge in [-0.25, -0.2) is 4.98 Å². The second kappa shape index (κ2) is 8.63.